The molecule has 0 aliphatic carbocycles. The zero-order chi connectivity index (χ0) is 15.1. The number of carboxylic acids is 1. The van der Waals surface area contributed by atoms with Crippen molar-refractivity contribution in [2.75, 3.05) is 13.1 Å². The molecule has 0 fully saturated rings. The van der Waals surface area contributed by atoms with Gasteiger partial charge in [-0.05, 0) is 6.42 Å². The Hall–Kier alpha value is -1.59. The number of hydrogen-bond donors (Lipinski definition) is 3. The highest BCUT2D eigenvalue weighted by molar-refractivity contribution is 5.81. The van der Waals surface area contributed by atoms with E-state index in [1.54, 1.807) is 0 Å². The van der Waals surface area contributed by atoms with Crippen LogP contribution in [0.1, 0.15) is 40.5 Å². The Balaban J connectivity index is 3.71. The third-order valence-corrected chi connectivity index (χ3v) is 2.57. The van der Waals surface area contributed by atoms with Crippen molar-refractivity contribution in [1.82, 2.24) is 10.6 Å². The summed E-state index contributed by atoms with van der Waals surface area (Å²) in [5.74, 6) is -1.77. The first kappa shape index (κ1) is 17.4. The zero-order valence-corrected chi connectivity index (χ0v) is 12.1. The van der Waals surface area contributed by atoms with Gasteiger partial charge in [0, 0.05) is 24.9 Å². The fourth-order valence-corrected chi connectivity index (χ4v) is 1.16. The van der Waals surface area contributed by atoms with Gasteiger partial charge in [0.1, 0.15) is 0 Å². The van der Waals surface area contributed by atoms with Gasteiger partial charge < -0.3 is 15.7 Å². The summed E-state index contributed by atoms with van der Waals surface area (Å²) in [6.45, 7) is 7.57. The van der Waals surface area contributed by atoms with Gasteiger partial charge in [0.15, 0.2) is 0 Å². The fraction of sp³-hybridized carbons (Fsp3) is 0.769. The Kier molecular flexibility index (Phi) is 7.11. The Bertz CT molecular complexity index is 334. The lowest BCUT2D eigenvalue weighted by Crippen LogP contribution is -2.36. The second-order valence-electron chi connectivity index (χ2n) is 5.65. The maximum Gasteiger partial charge on any atom is 0.308 e. The van der Waals surface area contributed by atoms with Crippen molar-refractivity contribution < 1.29 is 19.5 Å². The summed E-state index contributed by atoms with van der Waals surface area (Å²) in [6.07, 6.45) is 0.811. The molecular formula is C13H24N2O4. The van der Waals surface area contributed by atoms with E-state index in [9.17, 15) is 14.4 Å². The Labute approximate surface area is 113 Å². The van der Waals surface area contributed by atoms with Gasteiger partial charge in [-0.15, -0.1) is 0 Å². The summed E-state index contributed by atoms with van der Waals surface area (Å²) < 4.78 is 0. The number of carbonyl (C=O) groups excluding carboxylic acids is 2. The quantitative estimate of drug-likeness (QED) is 0.596. The number of rotatable bonds is 7. The topological polar surface area (TPSA) is 95.5 Å². The molecule has 3 N–H and O–H groups in total. The van der Waals surface area contributed by atoms with Gasteiger partial charge in [-0.2, -0.15) is 0 Å². The molecule has 0 radical (unpaired) electrons. The lowest BCUT2D eigenvalue weighted by Gasteiger charge is -2.17. The van der Waals surface area contributed by atoms with E-state index in [2.05, 4.69) is 10.6 Å². The molecule has 2 amide bonds. The van der Waals surface area contributed by atoms with Crippen molar-refractivity contribution in [1.29, 1.82) is 0 Å². The fourth-order valence-electron chi connectivity index (χ4n) is 1.16. The van der Waals surface area contributed by atoms with E-state index in [-0.39, 0.29) is 24.8 Å². The molecular weight excluding hydrogens is 248 g/mol. The normalized spacial score (nSPS) is 12.6. The summed E-state index contributed by atoms with van der Waals surface area (Å²) in [7, 11) is 0. The van der Waals surface area contributed by atoms with Gasteiger partial charge in [0.25, 0.3) is 0 Å². The number of nitrogens with one attached hydrogen (secondary N) is 2. The summed E-state index contributed by atoms with van der Waals surface area (Å²) in [4.78, 5) is 33.5. The molecule has 19 heavy (non-hydrogen) atoms. The SMILES string of the molecule is CC(CNC(=O)CCCNC(=O)C(C)(C)C)C(=O)O. The van der Waals surface area contributed by atoms with E-state index >= 15 is 0 Å². The molecule has 1 unspecified atom stereocenters. The Morgan fingerprint density at radius 2 is 1.74 bits per heavy atom. The molecule has 6 heteroatoms. The molecule has 0 saturated carbocycles. The lowest BCUT2D eigenvalue weighted by molar-refractivity contribution is -0.141. The number of aliphatic carboxylic acids is 1. The molecule has 0 aromatic heterocycles. The Morgan fingerprint density at radius 1 is 1.16 bits per heavy atom. The smallest absolute Gasteiger partial charge is 0.308 e. The van der Waals surface area contributed by atoms with Gasteiger partial charge in [0.2, 0.25) is 11.8 Å². The van der Waals surface area contributed by atoms with E-state index in [4.69, 9.17) is 5.11 Å². The molecule has 0 heterocycles. The molecule has 6 nitrogen and oxygen atoms in total. The van der Waals surface area contributed by atoms with Crippen LogP contribution in [0, 0.1) is 11.3 Å². The standard InChI is InChI=1S/C13H24N2O4/c1-9(11(17)18)8-15-10(16)6-5-7-14-12(19)13(2,3)4/h9H,5-8H2,1-4H3,(H,14,19)(H,15,16)(H,17,18). The van der Waals surface area contributed by atoms with E-state index in [1.807, 2.05) is 20.8 Å². The van der Waals surface area contributed by atoms with Crippen LogP contribution in [0.2, 0.25) is 0 Å². The van der Waals surface area contributed by atoms with Crippen molar-refractivity contribution in [3.8, 4) is 0 Å². The average Bonchev–Trinajstić information content (AvgIpc) is 2.29. The van der Waals surface area contributed by atoms with Gasteiger partial charge >= 0.3 is 5.97 Å². The van der Waals surface area contributed by atoms with Gasteiger partial charge in [-0.25, -0.2) is 0 Å². The van der Waals surface area contributed by atoms with Crippen LogP contribution in [0.4, 0.5) is 0 Å². The number of hydrogen-bond acceptors (Lipinski definition) is 3. The highest BCUT2D eigenvalue weighted by Crippen LogP contribution is 2.12. The van der Waals surface area contributed by atoms with Crippen molar-refractivity contribution >= 4 is 17.8 Å². The molecule has 0 rings (SSSR count). The van der Waals surface area contributed by atoms with Crippen LogP contribution in [-0.4, -0.2) is 36.0 Å². The van der Waals surface area contributed by atoms with Crippen molar-refractivity contribution in [2.24, 2.45) is 11.3 Å². The van der Waals surface area contributed by atoms with Gasteiger partial charge in [-0.3, -0.25) is 14.4 Å². The molecule has 110 valence electrons. The summed E-state index contributed by atoms with van der Waals surface area (Å²) in [5.41, 5.74) is -0.431. The number of carboxylic acid groups (broad SMARTS) is 1. The maximum atomic E-state index is 11.5. The first-order valence-corrected chi connectivity index (χ1v) is 6.42. The van der Waals surface area contributed by atoms with Crippen LogP contribution in [0.25, 0.3) is 0 Å². The second-order valence-corrected chi connectivity index (χ2v) is 5.65. The van der Waals surface area contributed by atoms with Crippen LogP contribution < -0.4 is 10.6 Å². The largest absolute Gasteiger partial charge is 0.481 e. The molecule has 0 bridgehead atoms. The predicted molar refractivity (Wildman–Crippen MR) is 71.5 cm³/mol. The number of amides is 2. The van der Waals surface area contributed by atoms with Crippen LogP contribution in [0.15, 0.2) is 0 Å². The second kappa shape index (κ2) is 7.76. The minimum atomic E-state index is -0.933. The third kappa shape index (κ3) is 8.18. The number of carbonyl (C=O) groups is 3. The van der Waals surface area contributed by atoms with Crippen LogP contribution in [0.3, 0.4) is 0 Å². The highest BCUT2D eigenvalue weighted by Gasteiger charge is 2.20. The van der Waals surface area contributed by atoms with Crippen molar-refractivity contribution in [2.45, 2.75) is 40.5 Å². The third-order valence-electron chi connectivity index (χ3n) is 2.57. The summed E-state index contributed by atoms with van der Waals surface area (Å²) >= 11 is 0. The predicted octanol–water partition coefficient (Wildman–Crippen LogP) is 0.766. The van der Waals surface area contributed by atoms with Crippen LogP contribution >= 0.6 is 0 Å². The van der Waals surface area contributed by atoms with E-state index < -0.39 is 17.3 Å². The zero-order valence-electron chi connectivity index (χ0n) is 12.1. The summed E-state index contributed by atoms with van der Waals surface area (Å²) in [5, 5.41) is 13.9. The van der Waals surface area contributed by atoms with E-state index in [1.165, 1.54) is 6.92 Å². The first-order valence-electron chi connectivity index (χ1n) is 6.42. The van der Waals surface area contributed by atoms with Crippen LogP contribution in [-0.2, 0) is 14.4 Å². The molecule has 0 aliphatic rings. The Morgan fingerprint density at radius 3 is 2.21 bits per heavy atom. The minimum Gasteiger partial charge on any atom is -0.481 e. The lowest BCUT2D eigenvalue weighted by atomic mass is 9.96. The van der Waals surface area contributed by atoms with E-state index in [0.717, 1.165) is 0 Å². The maximum absolute atomic E-state index is 11.5. The minimum absolute atomic E-state index is 0.0487. The molecule has 0 aromatic rings. The van der Waals surface area contributed by atoms with Crippen LogP contribution in [0.5, 0.6) is 0 Å². The average molecular weight is 272 g/mol. The molecule has 0 aromatic carbocycles. The highest BCUT2D eigenvalue weighted by atomic mass is 16.4. The molecule has 0 spiro atoms. The van der Waals surface area contributed by atoms with Crippen molar-refractivity contribution in [3.05, 3.63) is 0 Å². The van der Waals surface area contributed by atoms with E-state index in [0.29, 0.717) is 13.0 Å². The van der Waals surface area contributed by atoms with Crippen molar-refractivity contribution in [3.63, 3.8) is 0 Å². The van der Waals surface area contributed by atoms with Gasteiger partial charge in [0.05, 0.1) is 5.92 Å². The van der Waals surface area contributed by atoms with Gasteiger partial charge in [-0.1, -0.05) is 27.7 Å². The summed E-state index contributed by atoms with van der Waals surface area (Å²) in [6, 6.07) is 0. The molecule has 0 aliphatic heterocycles. The first-order chi connectivity index (χ1) is 8.64. The molecule has 0 saturated heterocycles. The monoisotopic (exact) mass is 272 g/mol. The molecule has 1 atom stereocenters.